The van der Waals surface area contributed by atoms with Crippen LogP contribution in [-0.4, -0.2) is 57.9 Å². The fraction of sp³-hybridized carbons (Fsp3) is 0.500. The molecular weight excluding hydrogens is 309 g/mol. The monoisotopic (exact) mass is 330 g/mol. The summed E-state index contributed by atoms with van der Waals surface area (Å²) in [6.07, 6.45) is 0. The number of nitrogens with zero attached hydrogens (tertiary/aromatic N) is 1. The molecule has 0 unspecified atom stereocenters. The molecule has 2 rings (SSSR count). The Hall–Kier alpha value is -1.51. The number of sulfonamides is 1. The Bertz CT molecular complexity index is 628. The highest BCUT2D eigenvalue weighted by Gasteiger charge is 2.31. The Morgan fingerprint density at radius 2 is 1.95 bits per heavy atom. The minimum Gasteiger partial charge on any atom is -0.351 e. The minimum atomic E-state index is -3.77. The van der Waals surface area contributed by atoms with E-state index in [1.807, 2.05) is 0 Å². The summed E-state index contributed by atoms with van der Waals surface area (Å²) in [5.74, 6) is -0.789. The van der Waals surface area contributed by atoms with Crippen LogP contribution in [0, 0.1) is 5.82 Å². The lowest BCUT2D eigenvalue weighted by atomic mass is 10.3. The summed E-state index contributed by atoms with van der Waals surface area (Å²) >= 11 is 0. The van der Waals surface area contributed by atoms with Crippen LogP contribution in [0.2, 0.25) is 0 Å². The second-order valence-electron chi connectivity index (χ2n) is 5.32. The van der Waals surface area contributed by atoms with Crippen LogP contribution in [0.1, 0.15) is 6.92 Å². The first-order valence-corrected chi connectivity index (χ1v) is 8.68. The molecule has 6 nitrogen and oxygen atoms in total. The van der Waals surface area contributed by atoms with Crippen molar-refractivity contribution in [2.24, 2.45) is 0 Å². The molecule has 1 amide bonds. The van der Waals surface area contributed by atoms with Crippen molar-refractivity contribution < 1.29 is 22.5 Å². The number of carbonyl (C=O) groups excluding carboxylic acids is 1. The van der Waals surface area contributed by atoms with Crippen LogP contribution in [0.25, 0.3) is 0 Å². The summed E-state index contributed by atoms with van der Waals surface area (Å²) in [7, 11) is -3.77. The molecule has 1 fully saturated rings. The number of piperazine rings is 1. The van der Waals surface area contributed by atoms with Crippen LogP contribution >= 0.6 is 0 Å². The van der Waals surface area contributed by atoms with Crippen LogP contribution in [-0.2, 0) is 14.8 Å². The topological polar surface area (TPSA) is 70.9 Å². The molecule has 1 aliphatic rings. The normalized spacial score (nSPS) is 17.4. The van der Waals surface area contributed by atoms with Crippen molar-refractivity contribution >= 4 is 15.9 Å². The number of amides is 1. The maximum atomic E-state index is 13.7. The van der Waals surface area contributed by atoms with Gasteiger partial charge in [-0.3, -0.25) is 4.79 Å². The predicted molar refractivity (Wildman–Crippen MR) is 79.4 cm³/mol. The third-order valence-corrected chi connectivity index (χ3v) is 5.67. The zero-order valence-electron chi connectivity index (χ0n) is 12.5. The van der Waals surface area contributed by atoms with Gasteiger partial charge in [-0.2, -0.15) is 4.31 Å². The largest absolute Gasteiger partial charge is 0.351 e. The summed E-state index contributed by atoms with van der Waals surface area (Å²) in [4.78, 5) is 11.8. The lowest BCUT2D eigenvalue weighted by Crippen LogP contribution is -3.15. The zero-order valence-corrected chi connectivity index (χ0v) is 13.3. The first-order valence-electron chi connectivity index (χ1n) is 7.24. The van der Waals surface area contributed by atoms with Crippen LogP contribution in [0.15, 0.2) is 29.2 Å². The van der Waals surface area contributed by atoms with Crippen LogP contribution < -0.4 is 10.2 Å². The molecule has 1 aliphatic heterocycles. The highest BCUT2D eigenvalue weighted by atomic mass is 32.2. The van der Waals surface area contributed by atoms with E-state index in [1.165, 1.54) is 34.3 Å². The van der Waals surface area contributed by atoms with Crippen molar-refractivity contribution in [3.05, 3.63) is 30.1 Å². The average Bonchev–Trinajstić information content (AvgIpc) is 2.47. The molecule has 1 aromatic carbocycles. The third-order valence-electron chi connectivity index (χ3n) is 3.74. The first-order chi connectivity index (χ1) is 10.4. The fourth-order valence-electron chi connectivity index (χ4n) is 2.50. The molecule has 22 heavy (non-hydrogen) atoms. The van der Waals surface area contributed by atoms with E-state index in [1.54, 1.807) is 0 Å². The molecule has 122 valence electrons. The van der Waals surface area contributed by atoms with E-state index in [4.69, 9.17) is 0 Å². The van der Waals surface area contributed by atoms with Gasteiger partial charge in [0, 0.05) is 6.92 Å². The van der Waals surface area contributed by atoms with E-state index < -0.39 is 15.8 Å². The summed E-state index contributed by atoms with van der Waals surface area (Å²) < 4.78 is 39.9. The number of benzene rings is 1. The maximum Gasteiger partial charge on any atom is 0.246 e. The molecule has 0 radical (unpaired) electrons. The summed E-state index contributed by atoms with van der Waals surface area (Å²) in [5, 5.41) is 2.73. The zero-order chi connectivity index (χ0) is 16.2. The second kappa shape index (κ2) is 7.17. The van der Waals surface area contributed by atoms with Gasteiger partial charge in [0.2, 0.25) is 15.9 Å². The Morgan fingerprint density at radius 3 is 2.55 bits per heavy atom. The van der Waals surface area contributed by atoms with E-state index in [0.717, 1.165) is 12.6 Å². The number of hydrogen-bond donors (Lipinski definition) is 2. The van der Waals surface area contributed by atoms with Gasteiger partial charge in [0.15, 0.2) is 0 Å². The van der Waals surface area contributed by atoms with Crippen molar-refractivity contribution in [2.45, 2.75) is 11.8 Å². The van der Waals surface area contributed by atoms with Crippen molar-refractivity contribution in [3.63, 3.8) is 0 Å². The highest BCUT2D eigenvalue weighted by Crippen LogP contribution is 2.18. The van der Waals surface area contributed by atoms with Gasteiger partial charge in [0.1, 0.15) is 10.7 Å². The first kappa shape index (κ1) is 16.9. The molecular formula is C14H21FN3O3S+. The minimum absolute atomic E-state index is 0.0693. The third kappa shape index (κ3) is 4.02. The average molecular weight is 330 g/mol. The summed E-state index contributed by atoms with van der Waals surface area (Å²) in [6.45, 7) is 4.80. The Balaban J connectivity index is 1.94. The van der Waals surface area contributed by atoms with Gasteiger partial charge >= 0.3 is 0 Å². The predicted octanol–water partition coefficient (Wildman–Crippen LogP) is -1.15. The van der Waals surface area contributed by atoms with Gasteiger partial charge in [-0.25, -0.2) is 12.8 Å². The summed E-state index contributed by atoms with van der Waals surface area (Å²) in [6, 6.07) is 5.44. The maximum absolute atomic E-state index is 13.7. The number of hydrogen-bond acceptors (Lipinski definition) is 3. The molecule has 1 saturated heterocycles. The lowest BCUT2D eigenvalue weighted by molar-refractivity contribution is -0.902. The Kier molecular flexibility index (Phi) is 5.49. The van der Waals surface area contributed by atoms with E-state index in [9.17, 15) is 17.6 Å². The van der Waals surface area contributed by atoms with Crippen molar-refractivity contribution in [2.75, 3.05) is 39.3 Å². The van der Waals surface area contributed by atoms with Crippen molar-refractivity contribution in [3.8, 4) is 0 Å². The Morgan fingerprint density at radius 1 is 1.32 bits per heavy atom. The number of rotatable bonds is 5. The standard InChI is InChI=1S/C14H20FN3O3S/c1-12(19)16-6-7-17-8-10-18(11-9-17)22(20,21)14-5-3-2-4-13(14)15/h2-5H,6-11H2,1H3,(H,16,19)/p+1. The van der Waals surface area contributed by atoms with Crippen molar-refractivity contribution in [1.82, 2.24) is 9.62 Å². The van der Waals surface area contributed by atoms with Crippen LogP contribution in [0.4, 0.5) is 4.39 Å². The van der Waals surface area contributed by atoms with E-state index in [2.05, 4.69) is 5.32 Å². The van der Waals surface area contributed by atoms with E-state index in [0.29, 0.717) is 32.7 Å². The fourth-order valence-corrected chi connectivity index (χ4v) is 4.01. The molecule has 0 aliphatic carbocycles. The molecule has 1 aromatic rings. The quantitative estimate of drug-likeness (QED) is 0.716. The number of halogens is 1. The number of carbonyl (C=O) groups is 1. The number of quaternary nitrogens is 1. The smallest absolute Gasteiger partial charge is 0.246 e. The molecule has 2 N–H and O–H groups in total. The molecule has 0 aromatic heterocycles. The Labute approximate surface area is 130 Å². The molecule has 8 heteroatoms. The highest BCUT2D eigenvalue weighted by molar-refractivity contribution is 7.89. The van der Waals surface area contributed by atoms with Gasteiger partial charge in [-0.05, 0) is 12.1 Å². The lowest BCUT2D eigenvalue weighted by Gasteiger charge is -2.31. The van der Waals surface area contributed by atoms with Crippen LogP contribution in [0.5, 0.6) is 0 Å². The van der Waals surface area contributed by atoms with Gasteiger partial charge in [0.05, 0.1) is 39.3 Å². The number of nitrogens with one attached hydrogen (secondary N) is 2. The van der Waals surface area contributed by atoms with Gasteiger partial charge < -0.3 is 10.2 Å². The molecule has 1 heterocycles. The summed E-state index contributed by atoms with van der Waals surface area (Å²) in [5.41, 5.74) is 0. The van der Waals surface area contributed by atoms with E-state index in [-0.39, 0.29) is 10.8 Å². The SMILES string of the molecule is CC(=O)NCC[NH+]1CCN(S(=O)(=O)c2ccccc2F)CC1. The molecule has 0 saturated carbocycles. The van der Waals surface area contributed by atoms with Crippen LogP contribution in [0.3, 0.4) is 0 Å². The second-order valence-corrected chi connectivity index (χ2v) is 7.22. The van der Waals surface area contributed by atoms with Gasteiger partial charge in [-0.1, -0.05) is 12.1 Å². The van der Waals surface area contributed by atoms with Crippen molar-refractivity contribution in [1.29, 1.82) is 0 Å². The molecule has 0 atom stereocenters. The molecule has 0 bridgehead atoms. The van der Waals surface area contributed by atoms with Gasteiger partial charge in [0.25, 0.3) is 0 Å². The van der Waals surface area contributed by atoms with E-state index >= 15 is 0 Å². The van der Waals surface area contributed by atoms with Gasteiger partial charge in [-0.15, -0.1) is 0 Å². The molecule has 0 spiro atoms.